The molecule has 10 rings (SSSR count). The van der Waals surface area contributed by atoms with Gasteiger partial charge in [0.1, 0.15) is 51.2 Å². The highest BCUT2D eigenvalue weighted by molar-refractivity contribution is 6.32. The van der Waals surface area contributed by atoms with Gasteiger partial charge < -0.3 is 67.7 Å². The molecule has 0 radical (unpaired) electrons. The molecule has 6 N–H and O–H groups in total. The molecule has 20 nitrogen and oxygen atoms in total. The molecule has 4 atom stereocenters. The van der Waals surface area contributed by atoms with Crippen LogP contribution in [0.1, 0.15) is 197 Å². The maximum Gasteiger partial charge on any atom is 0.186 e. The average molecular weight is 1580 g/mol. The summed E-state index contributed by atoms with van der Waals surface area (Å²) in [6, 6.07) is 25.3. The Bertz CT molecular complexity index is 4120. The third-order valence-corrected chi connectivity index (χ3v) is 18.9. The van der Waals surface area contributed by atoms with Crippen LogP contribution in [0.5, 0.6) is 28.7 Å². The van der Waals surface area contributed by atoms with E-state index in [1.807, 2.05) is 50.5 Å². The molecule has 0 bridgehead atoms. The van der Waals surface area contributed by atoms with Gasteiger partial charge in [-0.1, -0.05) is 175 Å². The van der Waals surface area contributed by atoms with Crippen molar-refractivity contribution in [2.45, 2.75) is 219 Å². The van der Waals surface area contributed by atoms with Crippen molar-refractivity contribution in [3.05, 3.63) is 238 Å². The number of aromatic hydroxyl groups is 2. The van der Waals surface area contributed by atoms with Gasteiger partial charge >= 0.3 is 0 Å². The van der Waals surface area contributed by atoms with E-state index in [1.165, 1.54) is 121 Å². The molecule has 4 unspecified atom stereocenters. The topological polar surface area (TPSA) is 255 Å². The zero-order valence-corrected chi connectivity index (χ0v) is 67.2. The predicted molar refractivity (Wildman–Crippen MR) is 431 cm³/mol. The van der Waals surface area contributed by atoms with E-state index >= 15 is 0 Å². The van der Waals surface area contributed by atoms with Crippen LogP contribution in [0.25, 0.3) is 0 Å². The van der Waals surface area contributed by atoms with Crippen molar-refractivity contribution in [1.82, 2.24) is 47.8 Å². The Balaban J connectivity index is 0.000000214. The monoisotopic (exact) mass is 1580 g/mol. The first-order valence-electron chi connectivity index (χ1n) is 37.2. The fraction of sp³-hybridized carbons (Fsp3) is 0.446. The number of unbranched alkanes of at least 4 members (excludes halogenated alkanes) is 15. The molecule has 5 aromatic heterocycles. The van der Waals surface area contributed by atoms with E-state index in [2.05, 4.69) is 45.7 Å². The Morgan fingerprint density at radius 3 is 0.917 bits per heavy atom. The lowest BCUT2D eigenvalue weighted by atomic mass is 9.95. The molecule has 0 aliphatic carbocycles. The summed E-state index contributed by atoms with van der Waals surface area (Å²) in [6.45, 7) is 17.2. The highest BCUT2D eigenvalue weighted by atomic mass is 35.5. The molecule has 0 saturated heterocycles. The summed E-state index contributed by atoms with van der Waals surface area (Å²) < 4.78 is 26.8. The number of rotatable bonds is 39. The fourth-order valence-corrected chi connectivity index (χ4v) is 12.8. The average Bonchev–Trinajstić information content (AvgIpc) is 1.22. The summed E-state index contributed by atoms with van der Waals surface area (Å²) in [6.07, 6.45) is 47.4. The number of carbonyl (C=O) groups excluding carboxylic acids is 1. The zero-order chi connectivity index (χ0) is 78.4. The van der Waals surface area contributed by atoms with Crippen LogP contribution in [0.15, 0.2) is 185 Å². The molecule has 10 aromatic rings. The van der Waals surface area contributed by atoms with Crippen LogP contribution in [0.3, 0.4) is 0 Å². The number of hydrogen-bond acceptors (Lipinski definition) is 15. The Morgan fingerprint density at radius 1 is 0.352 bits per heavy atom. The van der Waals surface area contributed by atoms with Gasteiger partial charge in [0, 0.05) is 109 Å². The number of nitrogens with zero attached hydrogens (tertiary/aromatic N) is 10. The third-order valence-electron chi connectivity index (χ3n) is 17.7. The van der Waals surface area contributed by atoms with Gasteiger partial charge in [-0.3, -0.25) is 4.79 Å². The van der Waals surface area contributed by atoms with Crippen LogP contribution in [0.2, 0.25) is 25.1 Å². The lowest BCUT2D eigenvalue weighted by molar-refractivity contribution is 0.0346. The van der Waals surface area contributed by atoms with E-state index in [0.29, 0.717) is 111 Å². The number of aromatic nitrogens is 10. The molecule has 5 heterocycles. The Morgan fingerprint density at radius 2 is 0.611 bits per heavy atom. The van der Waals surface area contributed by atoms with Crippen LogP contribution < -0.4 is 14.2 Å². The van der Waals surface area contributed by atoms with Crippen molar-refractivity contribution in [1.29, 1.82) is 0 Å². The standard InChI is InChI=1S/C21H31ClN2O2.C20H29ClN2O2.C19H27ClN2O2.C12H13ClN2O2.C11H9ClN2O2/c1-3-4-5-6-7-8-9-14-26-20-11-10-18(22)15-19(20)21(2,25)16-24-13-12-23-17-24;1-3-4-5-6-7-8-13-25-19-10-9-17(21)14-18(19)20(2,24)15-23-12-11-22-16-23;1-3-4-5-6-7-12-24-18-9-8-16(20)13-17(18)19(2,23)14-22-11-10-21-15-22;1-12(17,7-15-5-4-14-8-15)10-6-9(13)2-3-11(10)16;12-8-1-2-10(15)9(5-8)11(16)6-14-4-3-13-7-14/h10-13,15,17,25H,3-9,14,16H2,1-2H3;9-12,14,16,24H,3-8,13,15H2,1-2H3;8-11,13,15,23H,3-7,12,14H2,1-2H3;2-6,8,16-17H,7H2,1H3;1-5,7,15H,6H2. The fourth-order valence-electron chi connectivity index (χ4n) is 11.9. The minimum Gasteiger partial charge on any atom is -0.508 e. The second kappa shape index (κ2) is 46.6. The first-order valence-corrected chi connectivity index (χ1v) is 39.1. The first kappa shape index (κ1) is 89.0. The van der Waals surface area contributed by atoms with Crippen molar-refractivity contribution >= 4 is 63.8 Å². The van der Waals surface area contributed by atoms with Crippen molar-refractivity contribution in [2.24, 2.45) is 0 Å². The van der Waals surface area contributed by atoms with Crippen LogP contribution in [0.4, 0.5) is 0 Å². The van der Waals surface area contributed by atoms with Gasteiger partial charge in [0.2, 0.25) is 0 Å². The van der Waals surface area contributed by atoms with Gasteiger partial charge in [0.05, 0.1) is 89.7 Å². The highest BCUT2D eigenvalue weighted by Crippen LogP contribution is 2.38. The van der Waals surface area contributed by atoms with Crippen molar-refractivity contribution < 1.29 is 49.6 Å². The van der Waals surface area contributed by atoms with Gasteiger partial charge in [-0.25, -0.2) is 24.9 Å². The van der Waals surface area contributed by atoms with E-state index in [0.717, 1.165) is 19.3 Å². The van der Waals surface area contributed by atoms with Crippen molar-refractivity contribution in [3.63, 3.8) is 0 Å². The van der Waals surface area contributed by atoms with Gasteiger partial charge in [0.15, 0.2) is 5.78 Å². The third kappa shape index (κ3) is 31.6. The quantitative estimate of drug-likeness (QED) is 0.0155. The molecule has 5 aromatic carbocycles. The molecule has 0 fully saturated rings. The van der Waals surface area contributed by atoms with Gasteiger partial charge in [0.25, 0.3) is 0 Å². The highest BCUT2D eigenvalue weighted by Gasteiger charge is 2.32. The van der Waals surface area contributed by atoms with E-state index < -0.39 is 22.4 Å². The predicted octanol–water partition coefficient (Wildman–Crippen LogP) is 19.8. The second-order valence-corrected chi connectivity index (χ2v) is 30.0. The Hall–Kier alpha value is -7.89. The molecule has 108 heavy (non-hydrogen) atoms. The van der Waals surface area contributed by atoms with Gasteiger partial charge in [-0.2, -0.15) is 0 Å². The Kier molecular flexibility index (Phi) is 38.4. The molecular weight excluding hydrogens is 1470 g/mol. The normalized spacial score (nSPS) is 13.3. The lowest BCUT2D eigenvalue weighted by Gasteiger charge is -2.27. The van der Waals surface area contributed by atoms with Crippen LogP contribution in [-0.2, 0) is 55.1 Å². The molecule has 586 valence electrons. The SMILES string of the molecule is CC(O)(Cn1ccnc1)c1cc(Cl)ccc1O.CCCCCCCCCOc1ccc(Cl)cc1C(C)(O)Cn1ccnc1.CCCCCCCCOc1ccc(Cl)cc1C(C)(O)Cn1ccnc1.CCCCCCCOc1ccc(Cl)cc1C(C)(O)Cn1ccnc1.O=C(Cn1ccnc1)c1cc(Cl)ccc1O. The summed E-state index contributed by atoms with van der Waals surface area (Å²) in [4.78, 5) is 31.6. The molecule has 0 aliphatic heterocycles. The lowest BCUT2D eigenvalue weighted by Crippen LogP contribution is -2.28. The van der Waals surface area contributed by atoms with E-state index in [9.17, 15) is 35.4 Å². The van der Waals surface area contributed by atoms with Crippen molar-refractivity contribution in [2.75, 3.05) is 19.8 Å². The number of Topliss-reactive ketones (excluding diaryl/α,β-unsaturated/α-hetero) is 1. The summed E-state index contributed by atoms with van der Waals surface area (Å²) in [5.41, 5.74) is -1.75. The Labute approximate surface area is 662 Å². The maximum absolute atomic E-state index is 11.8. The van der Waals surface area contributed by atoms with Gasteiger partial charge in [-0.05, 0) is 138 Å². The minimum absolute atomic E-state index is 0.0273. The smallest absolute Gasteiger partial charge is 0.186 e. The maximum atomic E-state index is 11.8. The number of phenolic OH excluding ortho intramolecular Hbond substituents is 2. The van der Waals surface area contributed by atoms with E-state index in [-0.39, 0.29) is 29.4 Å². The second-order valence-electron chi connectivity index (χ2n) is 27.8. The number of aliphatic hydroxyl groups is 4. The molecule has 0 amide bonds. The number of carbonyl (C=O) groups is 1. The molecule has 25 heteroatoms. The number of phenols is 2. The van der Waals surface area contributed by atoms with Gasteiger partial charge in [-0.15, -0.1) is 0 Å². The van der Waals surface area contributed by atoms with Crippen LogP contribution in [0, 0.1) is 0 Å². The minimum atomic E-state index is -1.21. The van der Waals surface area contributed by atoms with Crippen molar-refractivity contribution in [3.8, 4) is 28.7 Å². The first-order chi connectivity index (χ1) is 51.7. The van der Waals surface area contributed by atoms with Crippen LogP contribution >= 0.6 is 58.0 Å². The van der Waals surface area contributed by atoms with Crippen LogP contribution in [-0.4, -0.2) is 104 Å². The number of imidazole rings is 5. The largest absolute Gasteiger partial charge is 0.508 e. The molecule has 0 aliphatic rings. The molecule has 0 saturated carbocycles. The number of halogens is 5. The number of ether oxygens (including phenoxy) is 3. The summed E-state index contributed by atoms with van der Waals surface area (Å²) in [5.74, 6) is 1.85. The summed E-state index contributed by atoms with van der Waals surface area (Å²) in [7, 11) is 0. The molecule has 0 spiro atoms. The summed E-state index contributed by atoms with van der Waals surface area (Å²) >= 11 is 30.1. The summed E-state index contributed by atoms with van der Waals surface area (Å²) in [5, 5.41) is 65.3. The number of hydrogen-bond donors (Lipinski definition) is 6. The number of ketones is 1. The zero-order valence-electron chi connectivity index (χ0n) is 63.4. The van der Waals surface area contributed by atoms with E-state index in [1.54, 1.807) is 160 Å². The number of benzene rings is 5. The van der Waals surface area contributed by atoms with E-state index in [4.69, 9.17) is 72.2 Å². The molecular formula is C83H109Cl5N10O10.